The molecule has 3 N–H and O–H groups in total. The van der Waals surface area contributed by atoms with Crippen LogP contribution in [0, 0.1) is 5.82 Å². The van der Waals surface area contributed by atoms with Crippen LogP contribution in [-0.4, -0.2) is 41.3 Å². The number of nitrogens with one attached hydrogen (secondary N) is 2. The van der Waals surface area contributed by atoms with Crippen LogP contribution in [0.1, 0.15) is 51.2 Å². The molecule has 1 aliphatic carbocycles. The lowest BCUT2D eigenvalue weighted by atomic mass is 9.87. The van der Waals surface area contributed by atoms with Crippen LogP contribution in [0.15, 0.2) is 65.1 Å². The Hall–Kier alpha value is -2.68. The molecule has 0 heterocycles. The van der Waals surface area contributed by atoms with Gasteiger partial charge in [-0.25, -0.2) is 9.18 Å². The zero-order valence-corrected chi connectivity index (χ0v) is 21.8. The van der Waals surface area contributed by atoms with Crippen LogP contribution in [0.3, 0.4) is 0 Å². The largest absolute Gasteiger partial charge is 0.478 e. The Bertz CT molecular complexity index is 1040. The number of benzene rings is 2. The second kappa shape index (κ2) is 13.6. The van der Waals surface area contributed by atoms with E-state index in [9.17, 15) is 19.1 Å². The average molecular weight is 515 g/mol. The van der Waals surface area contributed by atoms with Crippen molar-refractivity contribution in [1.82, 2.24) is 10.6 Å². The molecule has 2 aromatic carbocycles. The van der Waals surface area contributed by atoms with E-state index in [0.717, 1.165) is 34.6 Å². The fraction of sp³-hybridized carbons (Fsp3) is 0.429. The van der Waals surface area contributed by atoms with Gasteiger partial charge in [-0.1, -0.05) is 38.1 Å². The van der Waals surface area contributed by atoms with Crippen LogP contribution in [0.2, 0.25) is 0 Å². The molecule has 3 atom stereocenters. The number of ether oxygens (including phenoxy) is 1. The molecule has 0 radical (unpaired) electrons. The third kappa shape index (κ3) is 8.18. The van der Waals surface area contributed by atoms with Crippen molar-refractivity contribution in [3.8, 4) is 0 Å². The Kier molecular flexibility index (Phi) is 10.5. The van der Waals surface area contributed by atoms with E-state index in [4.69, 9.17) is 4.74 Å². The maximum absolute atomic E-state index is 13.1. The van der Waals surface area contributed by atoms with E-state index in [1.54, 1.807) is 30.0 Å². The number of halogens is 1. The van der Waals surface area contributed by atoms with Gasteiger partial charge in [0, 0.05) is 35.7 Å². The monoisotopic (exact) mass is 514 g/mol. The minimum Gasteiger partial charge on any atom is -0.478 e. The van der Waals surface area contributed by atoms with Crippen molar-refractivity contribution < 1.29 is 23.8 Å². The van der Waals surface area contributed by atoms with Crippen molar-refractivity contribution >= 4 is 23.6 Å². The molecule has 8 heteroatoms. The predicted octanol–water partition coefficient (Wildman–Crippen LogP) is 5.07. The Labute approximate surface area is 216 Å². The lowest BCUT2D eigenvalue weighted by Gasteiger charge is -2.38. The average Bonchev–Trinajstić information content (AvgIpc) is 2.87. The summed E-state index contributed by atoms with van der Waals surface area (Å²) in [5, 5.41) is 16.1. The van der Waals surface area contributed by atoms with Crippen molar-refractivity contribution in [1.29, 1.82) is 0 Å². The van der Waals surface area contributed by atoms with Gasteiger partial charge in [-0.05, 0) is 60.7 Å². The van der Waals surface area contributed by atoms with E-state index in [0.29, 0.717) is 6.54 Å². The zero-order valence-electron chi connectivity index (χ0n) is 21.0. The number of hydrogen-bond acceptors (Lipinski definition) is 5. The summed E-state index contributed by atoms with van der Waals surface area (Å²) in [5.74, 6) is -0.636. The zero-order chi connectivity index (χ0) is 26.1. The molecule has 1 aliphatic rings. The smallest absolute Gasteiger partial charge is 0.331 e. The second-order valence-corrected chi connectivity index (χ2v) is 10.1. The molecule has 0 bridgehead atoms. The summed E-state index contributed by atoms with van der Waals surface area (Å²) in [5.41, 5.74) is 2.39. The molecule has 1 amide bonds. The van der Waals surface area contributed by atoms with E-state index >= 15 is 0 Å². The molecule has 6 nitrogen and oxygen atoms in total. The summed E-state index contributed by atoms with van der Waals surface area (Å²) < 4.78 is 19.3. The van der Waals surface area contributed by atoms with Gasteiger partial charge in [-0.3, -0.25) is 4.79 Å². The first-order valence-corrected chi connectivity index (χ1v) is 13.3. The molecule has 0 fully saturated rings. The molecular weight excluding hydrogens is 479 g/mol. The van der Waals surface area contributed by atoms with Crippen LogP contribution < -0.4 is 10.6 Å². The lowest BCUT2D eigenvalue weighted by Crippen LogP contribution is -2.58. The summed E-state index contributed by atoms with van der Waals surface area (Å²) in [4.78, 5) is 24.9. The van der Waals surface area contributed by atoms with E-state index in [1.165, 1.54) is 19.1 Å². The topological polar surface area (TPSA) is 87.7 Å². The lowest BCUT2D eigenvalue weighted by molar-refractivity contribution is -0.133. The number of aliphatic carboxylic acids is 1. The van der Waals surface area contributed by atoms with Crippen LogP contribution in [0.25, 0.3) is 0 Å². The highest BCUT2D eigenvalue weighted by Gasteiger charge is 2.37. The highest BCUT2D eigenvalue weighted by atomic mass is 32.2. The third-order valence-electron chi connectivity index (χ3n) is 6.31. The summed E-state index contributed by atoms with van der Waals surface area (Å²) in [6, 6.07) is 14.0. The number of carbonyl (C=O) groups is 2. The molecule has 194 valence electrons. The molecule has 0 aliphatic heterocycles. The number of amides is 1. The van der Waals surface area contributed by atoms with Gasteiger partial charge in [0.25, 0.3) is 0 Å². The summed E-state index contributed by atoms with van der Waals surface area (Å²) in [6.07, 6.45) is 3.00. The first kappa shape index (κ1) is 27.9. The maximum Gasteiger partial charge on any atom is 0.331 e. The summed E-state index contributed by atoms with van der Waals surface area (Å²) >= 11 is 1.68. The summed E-state index contributed by atoms with van der Waals surface area (Å²) in [7, 11) is 0. The van der Waals surface area contributed by atoms with Gasteiger partial charge in [-0.15, -0.1) is 11.8 Å². The molecule has 3 rings (SSSR count). The Morgan fingerprint density at radius 3 is 2.31 bits per heavy atom. The molecule has 0 spiro atoms. The second-order valence-electron chi connectivity index (χ2n) is 9.01. The van der Waals surface area contributed by atoms with Crippen LogP contribution in [-0.2, 0) is 26.6 Å². The first-order valence-electron chi connectivity index (χ1n) is 12.3. The molecule has 0 saturated carbocycles. The van der Waals surface area contributed by atoms with E-state index < -0.39 is 12.1 Å². The molecule has 0 saturated heterocycles. The number of rotatable bonds is 12. The Morgan fingerprint density at radius 1 is 1.08 bits per heavy atom. The fourth-order valence-corrected chi connectivity index (χ4v) is 5.12. The van der Waals surface area contributed by atoms with Crippen molar-refractivity contribution in [2.75, 3.05) is 0 Å². The standard InChI is InChI=1S/C28H35FN2O4S/c1-4-23(5-2)35-26-15-21(28(33)34)14-25(27(26)31-18(3)32)30-16-19-8-12-24(13-9-19)36-17-20-6-10-22(29)11-7-20/h6-13,15,23,25-27,30H,4-5,14,16-17H2,1-3H3,(H,31,32)(H,33,34)/t25-,26+,27+/m0/s1. The molecule has 0 aromatic heterocycles. The Balaban J connectivity index is 1.66. The number of hydrogen-bond donors (Lipinski definition) is 3. The van der Waals surface area contributed by atoms with Gasteiger partial charge in [0.2, 0.25) is 5.91 Å². The Morgan fingerprint density at radius 2 is 1.72 bits per heavy atom. The minimum atomic E-state index is -0.969. The number of carboxylic acids is 1. The highest BCUT2D eigenvalue weighted by Crippen LogP contribution is 2.26. The third-order valence-corrected chi connectivity index (χ3v) is 7.39. The van der Waals surface area contributed by atoms with Crippen molar-refractivity contribution in [3.05, 3.63) is 77.1 Å². The molecular formula is C28H35FN2O4S. The van der Waals surface area contributed by atoms with Crippen molar-refractivity contribution in [2.24, 2.45) is 0 Å². The van der Waals surface area contributed by atoms with Crippen LogP contribution in [0.5, 0.6) is 0 Å². The number of carboxylic acid groups (broad SMARTS) is 1. The SMILES string of the molecule is CCC(CC)O[C@@H]1C=C(C(=O)O)C[C@H](NCc2ccc(SCc3ccc(F)cc3)cc2)[C@H]1NC(C)=O. The number of carbonyl (C=O) groups excluding carboxylic acids is 1. The fourth-order valence-electron chi connectivity index (χ4n) is 4.27. The van der Waals surface area contributed by atoms with Crippen molar-refractivity contribution in [2.45, 2.75) is 81.5 Å². The quantitative estimate of drug-likeness (QED) is 0.343. The predicted molar refractivity (Wildman–Crippen MR) is 140 cm³/mol. The molecule has 2 aromatic rings. The van der Waals surface area contributed by atoms with Gasteiger partial charge in [0.15, 0.2) is 0 Å². The number of thioether (sulfide) groups is 1. The normalized spacial score (nSPS) is 19.7. The molecule has 36 heavy (non-hydrogen) atoms. The van der Waals surface area contributed by atoms with Crippen LogP contribution in [0.4, 0.5) is 4.39 Å². The summed E-state index contributed by atoms with van der Waals surface area (Å²) in [6.45, 7) is 6.05. The highest BCUT2D eigenvalue weighted by molar-refractivity contribution is 7.98. The van der Waals surface area contributed by atoms with Crippen molar-refractivity contribution in [3.63, 3.8) is 0 Å². The van der Waals surface area contributed by atoms with Gasteiger partial charge in [-0.2, -0.15) is 0 Å². The molecule has 0 unspecified atom stereocenters. The van der Waals surface area contributed by atoms with E-state index in [-0.39, 0.29) is 41.9 Å². The van der Waals surface area contributed by atoms with Gasteiger partial charge >= 0.3 is 5.97 Å². The minimum absolute atomic E-state index is 0.0174. The van der Waals surface area contributed by atoms with E-state index in [2.05, 4.69) is 10.6 Å². The van der Waals surface area contributed by atoms with Gasteiger partial charge in [0.1, 0.15) is 5.82 Å². The van der Waals surface area contributed by atoms with E-state index in [1.807, 2.05) is 38.1 Å². The maximum atomic E-state index is 13.1. The van der Waals surface area contributed by atoms with Gasteiger partial charge in [0.05, 0.1) is 18.2 Å². The van der Waals surface area contributed by atoms with Crippen LogP contribution >= 0.6 is 11.8 Å². The first-order chi connectivity index (χ1) is 17.3. The van der Waals surface area contributed by atoms with Gasteiger partial charge < -0.3 is 20.5 Å².